The Hall–Kier alpha value is -3.11. The third-order valence-corrected chi connectivity index (χ3v) is 2.53. The van der Waals surface area contributed by atoms with Crippen LogP contribution in [-0.2, 0) is 0 Å². The highest BCUT2D eigenvalue weighted by Crippen LogP contribution is 2.28. The van der Waals surface area contributed by atoms with Crippen LogP contribution in [0, 0.1) is 22.7 Å². The van der Waals surface area contributed by atoms with Gasteiger partial charge in [-0.15, -0.1) is 0 Å². The standard InChI is InChI=1S/C15H8N2O2/c16-8-11-6-7-15(14(10-18)13(11)9-17)19-12-4-2-1-3-5-12/h1-7,10H. The zero-order valence-corrected chi connectivity index (χ0v) is 9.83. The molecular formula is C15H8N2O2. The lowest BCUT2D eigenvalue weighted by atomic mass is 10.0. The van der Waals surface area contributed by atoms with Gasteiger partial charge in [0, 0.05) is 0 Å². The molecule has 0 bridgehead atoms. The highest BCUT2D eigenvalue weighted by molar-refractivity contribution is 5.85. The molecule has 0 atom stereocenters. The molecule has 4 heteroatoms. The van der Waals surface area contributed by atoms with Gasteiger partial charge in [0.15, 0.2) is 6.29 Å². The smallest absolute Gasteiger partial charge is 0.155 e. The van der Waals surface area contributed by atoms with Crippen LogP contribution in [-0.4, -0.2) is 6.29 Å². The van der Waals surface area contributed by atoms with Crippen molar-refractivity contribution in [1.82, 2.24) is 0 Å². The molecule has 0 saturated carbocycles. The van der Waals surface area contributed by atoms with Gasteiger partial charge in [-0.1, -0.05) is 18.2 Å². The molecule has 0 radical (unpaired) electrons. The summed E-state index contributed by atoms with van der Waals surface area (Å²) in [7, 11) is 0. The minimum Gasteiger partial charge on any atom is -0.457 e. The average molecular weight is 248 g/mol. The maximum atomic E-state index is 11.1. The topological polar surface area (TPSA) is 73.9 Å². The molecule has 2 aromatic rings. The number of benzene rings is 2. The number of rotatable bonds is 3. The first-order chi connectivity index (χ1) is 9.30. The van der Waals surface area contributed by atoms with Crippen molar-refractivity contribution in [2.45, 2.75) is 0 Å². The van der Waals surface area contributed by atoms with Gasteiger partial charge in [-0.2, -0.15) is 10.5 Å². The molecule has 90 valence electrons. The molecule has 0 aliphatic heterocycles. The summed E-state index contributed by atoms with van der Waals surface area (Å²) in [6.07, 6.45) is 0.525. The number of para-hydroxylation sites is 1. The van der Waals surface area contributed by atoms with Gasteiger partial charge >= 0.3 is 0 Å². The number of aldehydes is 1. The highest BCUT2D eigenvalue weighted by Gasteiger charge is 2.14. The molecular weight excluding hydrogens is 240 g/mol. The van der Waals surface area contributed by atoms with Gasteiger partial charge in [0.05, 0.1) is 16.7 Å². The Kier molecular flexibility index (Phi) is 3.56. The number of nitriles is 2. The van der Waals surface area contributed by atoms with Crippen molar-refractivity contribution in [2.75, 3.05) is 0 Å². The van der Waals surface area contributed by atoms with E-state index in [9.17, 15) is 4.79 Å². The number of ether oxygens (including phenoxy) is 1. The lowest BCUT2D eigenvalue weighted by Crippen LogP contribution is -1.97. The first-order valence-electron chi connectivity index (χ1n) is 5.45. The third kappa shape index (κ3) is 2.43. The maximum absolute atomic E-state index is 11.1. The fraction of sp³-hybridized carbons (Fsp3) is 0. The monoisotopic (exact) mass is 248 g/mol. The lowest BCUT2D eigenvalue weighted by Gasteiger charge is -2.09. The lowest BCUT2D eigenvalue weighted by molar-refractivity contribution is 0.112. The Bertz CT molecular complexity index is 695. The van der Waals surface area contributed by atoms with Crippen LogP contribution in [0.1, 0.15) is 21.5 Å². The van der Waals surface area contributed by atoms with Crippen molar-refractivity contribution in [1.29, 1.82) is 10.5 Å². The summed E-state index contributed by atoms with van der Waals surface area (Å²) in [5.74, 6) is 0.816. The SMILES string of the molecule is N#Cc1ccc(Oc2ccccc2)c(C=O)c1C#N. The number of nitrogens with zero attached hydrogens (tertiary/aromatic N) is 2. The zero-order valence-electron chi connectivity index (χ0n) is 9.83. The van der Waals surface area contributed by atoms with Gasteiger partial charge in [-0.05, 0) is 24.3 Å². The van der Waals surface area contributed by atoms with Gasteiger partial charge in [0.2, 0.25) is 0 Å². The molecule has 4 nitrogen and oxygen atoms in total. The molecule has 2 aromatic carbocycles. The fourth-order valence-corrected chi connectivity index (χ4v) is 1.64. The first kappa shape index (κ1) is 12.3. The van der Waals surface area contributed by atoms with Gasteiger partial charge in [-0.3, -0.25) is 4.79 Å². The number of carbonyl (C=O) groups excluding carboxylic acids is 1. The van der Waals surface area contributed by atoms with Crippen molar-refractivity contribution in [3.05, 3.63) is 59.2 Å². The summed E-state index contributed by atoms with van der Waals surface area (Å²) < 4.78 is 5.55. The van der Waals surface area contributed by atoms with Crippen molar-refractivity contribution in [3.8, 4) is 23.6 Å². The number of carbonyl (C=O) groups is 1. The van der Waals surface area contributed by atoms with Crippen LogP contribution in [0.5, 0.6) is 11.5 Å². The van der Waals surface area contributed by atoms with E-state index in [-0.39, 0.29) is 22.4 Å². The molecule has 0 amide bonds. The summed E-state index contributed by atoms with van der Waals surface area (Å²) in [6.45, 7) is 0. The van der Waals surface area contributed by atoms with Gasteiger partial charge < -0.3 is 4.74 Å². The van der Waals surface area contributed by atoms with Gasteiger partial charge in [-0.25, -0.2) is 0 Å². The van der Waals surface area contributed by atoms with E-state index in [1.807, 2.05) is 18.2 Å². The minimum absolute atomic E-state index is 0.0333. The van der Waals surface area contributed by atoms with Crippen molar-refractivity contribution in [3.63, 3.8) is 0 Å². The molecule has 0 N–H and O–H groups in total. The van der Waals surface area contributed by atoms with E-state index in [4.69, 9.17) is 15.3 Å². The first-order valence-corrected chi connectivity index (χ1v) is 5.45. The highest BCUT2D eigenvalue weighted by atomic mass is 16.5. The molecule has 19 heavy (non-hydrogen) atoms. The van der Waals surface area contributed by atoms with E-state index in [0.717, 1.165) is 0 Å². The molecule has 0 fully saturated rings. The summed E-state index contributed by atoms with van der Waals surface area (Å²) in [5.41, 5.74) is 0.279. The van der Waals surface area contributed by atoms with Gasteiger partial charge in [0.25, 0.3) is 0 Å². The third-order valence-electron chi connectivity index (χ3n) is 2.53. The van der Waals surface area contributed by atoms with Gasteiger partial charge in [0.1, 0.15) is 23.6 Å². The Balaban J connectivity index is 2.51. The van der Waals surface area contributed by atoms with E-state index < -0.39 is 0 Å². The number of hydrogen-bond acceptors (Lipinski definition) is 4. The molecule has 0 heterocycles. The predicted octanol–water partition coefficient (Wildman–Crippen LogP) is 3.03. The Morgan fingerprint density at radius 2 is 1.74 bits per heavy atom. The Labute approximate surface area is 110 Å². The summed E-state index contributed by atoms with van der Waals surface area (Å²) in [5, 5.41) is 17.9. The normalized spacial score (nSPS) is 9.16. The van der Waals surface area contributed by atoms with Crippen LogP contribution >= 0.6 is 0 Å². The molecule has 0 spiro atoms. The summed E-state index contributed by atoms with van der Waals surface area (Å²) in [4.78, 5) is 11.1. The average Bonchev–Trinajstić information content (AvgIpc) is 2.47. The summed E-state index contributed by atoms with van der Waals surface area (Å²) in [6, 6.07) is 15.6. The van der Waals surface area contributed by atoms with Crippen molar-refractivity contribution >= 4 is 6.29 Å². The molecule has 0 unspecified atom stereocenters. The van der Waals surface area contributed by atoms with E-state index in [1.165, 1.54) is 12.1 Å². The Morgan fingerprint density at radius 1 is 1.00 bits per heavy atom. The van der Waals surface area contributed by atoms with Crippen LogP contribution in [0.15, 0.2) is 42.5 Å². The van der Waals surface area contributed by atoms with E-state index in [1.54, 1.807) is 24.3 Å². The van der Waals surface area contributed by atoms with Crippen LogP contribution in [0.4, 0.5) is 0 Å². The molecule has 0 saturated heterocycles. The van der Waals surface area contributed by atoms with Crippen LogP contribution in [0.3, 0.4) is 0 Å². The molecule has 0 aliphatic rings. The van der Waals surface area contributed by atoms with Crippen molar-refractivity contribution in [2.24, 2.45) is 0 Å². The number of hydrogen-bond donors (Lipinski definition) is 0. The largest absolute Gasteiger partial charge is 0.457 e. The van der Waals surface area contributed by atoms with Crippen LogP contribution < -0.4 is 4.74 Å². The second-order valence-corrected chi connectivity index (χ2v) is 3.66. The van der Waals surface area contributed by atoms with Crippen LogP contribution in [0.25, 0.3) is 0 Å². The van der Waals surface area contributed by atoms with E-state index in [2.05, 4.69) is 0 Å². The zero-order chi connectivity index (χ0) is 13.7. The second-order valence-electron chi connectivity index (χ2n) is 3.66. The molecule has 0 aliphatic carbocycles. The quantitative estimate of drug-likeness (QED) is 0.782. The van der Waals surface area contributed by atoms with E-state index >= 15 is 0 Å². The van der Waals surface area contributed by atoms with Crippen molar-refractivity contribution < 1.29 is 9.53 Å². The van der Waals surface area contributed by atoms with Crippen LogP contribution in [0.2, 0.25) is 0 Å². The minimum atomic E-state index is 0.0333. The second kappa shape index (κ2) is 5.48. The van der Waals surface area contributed by atoms with E-state index in [0.29, 0.717) is 12.0 Å². The fourth-order valence-electron chi connectivity index (χ4n) is 1.64. The Morgan fingerprint density at radius 3 is 2.32 bits per heavy atom. The predicted molar refractivity (Wildman–Crippen MR) is 67.8 cm³/mol. The summed E-state index contributed by atoms with van der Waals surface area (Å²) >= 11 is 0. The maximum Gasteiger partial charge on any atom is 0.155 e. The molecule has 2 rings (SSSR count). The molecule has 0 aromatic heterocycles.